The predicted molar refractivity (Wildman–Crippen MR) is 62.8 cm³/mol. The van der Waals surface area contributed by atoms with Gasteiger partial charge in [-0.15, -0.1) is 0 Å². The van der Waals surface area contributed by atoms with E-state index in [1.165, 1.54) is 17.1 Å². The van der Waals surface area contributed by atoms with E-state index >= 15 is 0 Å². The Morgan fingerprint density at radius 2 is 2.07 bits per heavy atom. The van der Waals surface area contributed by atoms with Crippen LogP contribution in [0.1, 0.15) is 18.5 Å². The summed E-state index contributed by atoms with van der Waals surface area (Å²) in [5.74, 6) is 0. The monoisotopic (exact) mass is 220 g/mol. The van der Waals surface area contributed by atoms with Gasteiger partial charge in [-0.1, -0.05) is 12.1 Å². The molecule has 1 heterocycles. The molecule has 0 amide bonds. The highest BCUT2D eigenvalue weighted by Gasteiger charge is 2.06. The first kappa shape index (κ1) is 9.92. The van der Waals surface area contributed by atoms with Gasteiger partial charge in [0, 0.05) is 17.2 Å². The Morgan fingerprint density at radius 1 is 1.33 bits per heavy atom. The molecule has 1 aromatic carbocycles. The number of rotatable bonds is 3. The fourth-order valence-corrected chi connectivity index (χ4v) is 1.81. The largest absolute Gasteiger partial charge is 0.399 e. The van der Waals surface area contributed by atoms with Gasteiger partial charge in [-0.25, -0.2) is 4.98 Å². The Labute approximate surface area is 92.3 Å². The van der Waals surface area contributed by atoms with Crippen LogP contribution in [0.15, 0.2) is 30.6 Å². The van der Waals surface area contributed by atoms with Crippen LogP contribution in [0.4, 0.5) is 10.8 Å². The maximum Gasteiger partial charge on any atom is 0.202 e. The van der Waals surface area contributed by atoms with Crippen molar-refractivity contribution in [1.82, 2.24) is 9.36 Å². The highest BCUT2D eigenvalue weighted by Crippen LogP contribution is 2.20. The average molecular weight is 220 g/mol. The summed E-state index contributed by atoms with van der Waals surface area (Å²) in [6, 6.07) is 8.02. The van der Waals surface area contributed by atoms with E-state index in [0.29, 0.717) is 0 Å². The van der Waals surface area contributed by atoms with Crippen LogP contribution in [0.25, 0.3) is 0 Å². The number of hydrogen-bond acceptors (Lipinski definition) is 5. The van der Waals surface area contributed by atoms with Crippen LogP contribution in [0.5, 0.6) is 0 Å². The van der Waals surface area contributed by atoms with Gasteiger partial charge in [-0.05, 0) is 24.6 Å². The molecule has 3 N–H and O–H groups in total. The van der Waals surface area contributed by atoms with E-state index < -0.39 is 0 Å². The summed E-state index contributed by atoms with van der Waals surface area (Å²) in [6.45, 7) is 2.08. The number of hydrogen-bond donors (Lipinski definition) is 2. The van der Waals surface area contributed by atoms with Gasteiger partial charge in [-0.3, -0.25) is 0 Å². The molecule has 1 atom stereocenters. The van der Waals surface area contributed by atoms with Crippen LogP contribution in [0.3, 0.4) is 0 Å². The summed E-state index contributed by atoms with van der Waals surface area (Å²) in [6.07, 6.45) is 1.54. The Bertz CT molecular complexity index is 409. The molecule has 0 aliphatic carbocycles. The fraction of sp³-hybridized carbons (Fsp3) is 0.200. The van der Waals surface area contributed by atoms with Crippen LogP contribution in [0.2, 0.25) is 0 Å². The molecule has 0 aliphatic rings. The predicted octanol–water partition coefficient (Wildman–Crippen LogP) is 2.29. The highest BCUT2D eigenvalue weighted by atomic mass is 32.1. The Hall–Kier alpha value is -1.62. The van der Waals surface area contributed by atoms with Crippen LogP contribution in [-0.4, -0.2) is 9.36 Å². The minimum absolute atomic E-state index is 0.207. The molecule has 0 bridgehead atoms. The van der Waals surface area contributed by atoms with Gasteiger partial charge in [0.1, 0.15) is 6.33 Å². The first-order chi connectivity index (χ1) is 7.25. The summed E-state index contributed by atoms with van der Waals surface area (Å²) in [4.78, 5) is 4.07. The van der Waals surface area contributed by atoms with Crippen molar-refractivity contribution in [2.75, 3.05) is 11.1 Å². The third kappa shape index (κ3) is 2.44. The lowest BCUT2D eigenvalue weighted by molar-refractivity contribution is 0.882. The van der Waals surface area contributed by atoms with Crippen molar-refractivity contribution >= 4 is 22.4 Å². The van der Waals surface area contributed by atoms with E-state index in [-0.39, 0.29) is 6.04 Å². The van der Waals surface area contributed by atoms with Gasteiger partial charge in [0.2, 0.25) is 5.13 Å². The lowest BCUT2D eigenvalue weighted by Gasteiger charge is -2.12. The summed E-state index contributed by atoms with van der Waals surface area (Å²) >= 11 is 1.35. The second-order valence-electron chi connectivity index (χ2n) is 3.28. The van der Waals surface area contributed by atoms with Gasteiger partial charge in [0.05, 0.1) is 6.04 Å². The summed E-state index contributed by atoms with van der Waals surface area (Å²) in [5, 5.41) is 4.09. The van der Waals surface area contributed by atoms with Crippen LogP contribution in [-0.2, 0) is 0 Å². The third-order valence-corrected chi connectivity index (χ3v) is 2.73. The van der Waals surface area contributed by atoms with E-state index in [1.807, 2.05) is 24.3 Å². The smallest absolute Gasteiger partial charge is 0.202 e. The number of anilines is 2. The Morgan fingerprint density at radius 3 is 2.67 bits per heavy atom. The van der Waals surface area contributed by atoms with Crippen molar-refractivity contribution < 1.29 is 0 Å². The highest BCUT2D eigenvalue weighted by molar-refractivity contribution is 7.09. The SMILES string of the molecule is CC(Nc1ncns1)c1ccc(N)cc1. The summed E-state index contributed by atoms with van der Waals surface area (Å²) < 4.78 is 3.93. The number of nitrogen functional groups attached to an aromatic ring is 1. The molecule has 0 saturated heterocycles. The minimum atomic E-state index is 0.207. The lowest BCUT2D eigenvalue weighted by atomic mass is 10.1. The zero-order valence-corrected chi connectivity index (χ0v) is 9.16. The number of nitrogens with zero attached hydrogens (tertiary/aromatic N) is 2. The third-order valence-electron chi connectivity index (χ3n) is 2.14. The number of benzene rings is 1. The normalized spacial score (nSPS) is 12.3. The topological polar surface area (TPSA) is 63.8 Å². The van der Waals surface area contributed by atoms with Gasteiger partial charge in [0.25, 0.3) is 0 Å². The standard InChI is InChI=1S/C10H12N4S/c1-7(14-10-12-6-13-15-10)8-2-4-9(11)5-3-8/h2-7H,11H2,1H3,(H,12,13,14). The molecular weight excluding hydrogens is 208 g/mol. The second kappa shape index (κ2) is 4.27. The molecule has 4 nitrogen and oxygen atoms in total. The van der Waals surface area contributed by atoms with Crippen molar-refractivity contribution in [3.05, 3.63) is 36.2 Å². The molecule has 0 saturated carbocycles. The fourth-order valence-electron chi connectivity index (χ4n) is 1.29. The maximum atomic E-state index is 5.62. The molecule has 0 fully saturated rings. The quantitative estimate of drug-likeness (QED) is 0.779. The van der Waals surface area contributed by atoms with Crippen molar-refractivity contribution in [2.45, 2.75) is 13.0 Å². The van der Waals surface area contributed by atoms with Crippen molar-refractivity contribution in [3.63, 3.8) is 0 Å². The molecule has 15 heavy (non-hydrogen) atoms. The molecule has 1 aromatic heterocycles. The van der Waals surface area contributed by atoms with Crippen LogP contribution < -0.4 is 11.1 Å². The van der Waals surface area contributed by atoms with E-state index in [1.54, 1.807) is 6.33 Å². The van der Waals surface area contributed by atoms with E-state index in [9.17, 15) is 0 Å². The number of aromatic nitrogens is 2. The van der Waals surface area contributed by atoms with E-state index in [2.05, 4.69) is 21.6 Å². The average Bonchev–Trinajstić information content (AvgIpc) is 2.71. The van der Waals surface area contributed by atoms with Gasteiger partial charge in [0.15, 0.2) is 0 Å². The molecule has 78 valence electrons. The molecule has 2 aromatic rings. The number of nitrogens with two attached hydrogens (primary N) is 1. The Kier molecular flexibility index (Phi) is 2.82. The van der Waals surface area contributed by atoms with Crippen molar-refractivity contribution in [3.8, 4) is 0 Å². The zero-order valence-electron chi connectivity index (χ0n) is 8.34. The summed E-state index contributed by atoms with van der Waals surface area (Å²) in [7, 11) is 0. The van der Waals surface area contributed by atoms with Crippen molar-refractivity contribution in [2.24, 2.45) is 0 Å². The maximum absolute atomic E-state index is 5.62. The first-order valence-electron chi connectivity index (χ1n) is 4.64. The molecule has 5 heteroatoms. The first-order valence-corrected chi connectivity index (χ1v) is 5.41. The number of nitrogens with one attached hydrogen (secondary N) is 1. The molecule has 1 unspecified atom stereocenters. The van der Waals surface area contributed by atoms with Crippen LogP contribution >= 0.6 is 11.5 Å². The van der Waals surface area contributed by atoms with Crippen LogP contribution in [0, 0.1) is 0 Å². The molecular formula is C10H12N4S. The molecule has 2 rings (SSSR count). The molecule has 0 spiro atoms. The van der Waals surface area contributed by atoms with Gasteiger partial charge >= 0.3 is 0 Å². The van der Waals surface area contributed by atoms with E-state index in [4.69, 9.17) is 5.73 Å². The molecule has 0 radical (unpaired) electrons. The van der Waals surface area contributed by atoms with E-state index in [0.717, 1.165) is 10.8 Å². The van der Waals surface area contributed by atoms with Gasteiger partial charge < -0.3 is 11.1 Å². The summed E-state index contributed by atoms with van der Waals surface area (Å²) in [5.41, 5.74) is 7.58. The Balaban J connectivity index is 2.08. The lowest BCUT2D eigenvalue weighted by Crippen LogP contribution is -2.06. The minimum Gasteiger partial charge on any atom is -0.399 e. The van der Waals surface area contributed by atoms with Gasteiger partial charge in [-0.2, -0.15) is 4.37 Å². The second-order valence-corrected chi connectivity index (χ2v) is 4.06. The molecule has 0 aliphatic heterocycles. The zero-order chi connectivity index (χ0) is 10.7. The van der Waals surface area contributed by atoms with Crippen molar-refractivity contribution in [1.29, 1.82) is 0 Å².